The SMILES string of the molecule is CC1CN(C(=O)Cc2cc3ccccc3[nH]c2=O)c2cccnc2O1. The van der Waals surface area contributed by atoms with Crippen LogP contribution in [-0.2, 0) is 11.2 Å². The fourth-order valence-electron chi connectivity index (χ4n) is 3.08. The molecule has 0 bridgehead atoms. The molecule has 6 heteroatoms. The number of benzene rings is 1. The van der Waals surface area contributed by atoms with Crippen LogP contribution in [0.4, 0.5) is 5.69 Å². The van der Waals surface area contributed by atoms with E-state index in [0.29, 0.717) is 23.7 Å². The van der Waals surface area contributed by atoms with Crippen molar-refractivity contribution in [3.8, 4) is 5.88 Å². The maximum atomic E-state index is 12.9. The second-order valence-electron chi connectivity index (χ2n) is 6.15. The van der Waals surface area contributed by atoms with Gasteiger partial charge < -0.3 is 14.6 Å². The molecule has 0 fully saturated rings. The van der Waals surface area contributed by atoms with Gasteiger partial charge in [-0.2, -0.15) is 0 Å². The van der Waals surface area contributed by atoms with E-state index in [0.717, 1.165) is 10.9 Å². The Labute approximate surface area is 144 Å². The molecule has 0 saturated carbocycles. The van der Waals surface area contributed by atoms with Crippen molar-refractivity contribution in [3.05, 3.63) is 64.6 Å². The topological polar surface area (TPSA) is 75.3 Å². The number of rotatable bonds is 2. The number of H-pyrrole nitrogens is 1. The Balaban J connectivity index is 1.67. The lowest BCUT2D eigenvalue weighted by Gasteiger charge is -2.32. The first-order valence-corrected chi connectivity index (χ1v) is 8.15. The summed E-state index contributed by atoms with van der Waals surface area (Å²) in [7, 11) is 0. The Morgan fingerprint density at radius 1 is 1.32 bits per heavy atom. The smallest absolute Gasteiger partial charge is 0.252 e. The number of nitrogens with zero attached hydrogens (tertiary/aromatic N) is 2. The normalized spacial score (nSPS) is 16.4. The summed E-state index contributed by atoms with van der Waals surface area (Å²) in [6.45, 7) is 2.32. The van der Waals surface area contributed by atoms with Crippen molar-refractivity contribution in [3.63, 3.8) is 0 Å². The number of para-hydroxylation sites is 1. The summed E-state index contributed by atoms with van der Waals surface area (Å²) in [5.41, 5.74) is 1.62. The second-order valence-corrected chi connectivity index (χ2v) is 6.15. The Morgan fingerprint density at radius 2 is 2.16 bits per heavy atom. The number of fused-ring (bicyclic) bond motifs is 2. The third-order valence-electron chi connectivity index (χ3n) is 4.27. The van der Waals surface area contributed by atoms with E-state index in [1.807, 2.05) is 31.2 Å². The minimum atomic E-state index is -0.236. The van der Waals surface area contributed by atoms with E-state index >= 15 is 0 Å². The summed E-state index contributed by atoms with van der Waals surface area (Å²) < 4.78 is 5.67. The highest BCUT2D eigenvalue weighted by Gasteiger charge is 2.28. The number of nitrogens with one attached hydrogen (secondary N) is 1. The first-order chi connectivity index (χ1) is 12.1. The van der Waals surface area contributed by atoms with E-state index in [1.165, 1.54) is 0 Å². The minimum Gasteiger partial charge on any atom is -0.471 e. The summed E-state index contributed by atoms with van der Waals surface area (Å²) >= 11 is 0. The number of pyridine rings is 2. The van der Waals surface area contributed by atoms with Crippen molar-refractivity contribution in [2.45, 2.75) is 19.4 Å². The van der Waals surface area contributed by atoms with Gasteiger partial charge in [0.15, 0.2) is 0 Å². The summed E-state index contributed by atoms with van der Waals surface area (Å²) in [5.74, 6) is 0.298. The largest absolute Gasteiger partial charge is 0.471 e. The molecule has 1 amide bonds. The maximum absolute atomic E-state index is 12.9. The molecular formula is C19H17N3O3. The average molecular weight is 335 g/mol. The predicted molar refractivity (Wildman–Crippen MR) is 95.0 cm³/mol. The van der Waals surface area contributed by atoms with Crippen LogP contribution in [0.15, 0.2) is 53.5 Å². The molecule has 4 rings (SSSR count). The standard InChI is InChI=1S/C19H17N3O3/c1-12-11-22(16-7-4-8-20-19(16)25-12)17(23)10-14-9-13-5-2-3-6-15(13)21-18(14)24/h2-9,12H,10-11H2,1H3,(H,21,24). The molecule has 0 radical (unpaired) electrons. The van der Waals surface area contributed by atoms with Gasteiger partial charge >= 0.3 is 0 Å². The zero-order valence-electron chi connectivity index (χ0n) is 13.7. The molecule has 6 nitrogen and oxygen atoms in total. The van der Waals surface area contributed by atoms with Gasteiger partial charge in [0.05, 0.1) is 13.0 Å². The fraction of sp³-hybridized carbons (Fsp3) is 0.211. The predicted octanol–water partition coefficient (Wildman–Crippen LogP) is 2.28. The van der Waals surface area contributed by atoms with E-state index in [1.54, 1.807) is 29.3 Å². The van der Waals surface area contributed by atoms with Crippen molar-refractivity contribution in [2.24, 2.45) is 0 Å². The van der Waals surface area contributed by atoms with Gasteiger partial charge in [0, 0.05) is 17.3 Å². The number of carbonyl (C=O) groups excluding carboxylic acids is 1. The van der Waals surface area contributed by atoms with Gasteiger partial charge in [-0.1, -0.05) is 18.2 Å². The van der Waals surface area contributed by atoms with Crippen LogP contribution in [0.3, 0.4) is 0 Å². The van der Waals surface area contributed by atoms with Crippen LogP contribution < -0.4 is 15.2 Å². The molecule has 0 aliphatic carbocycles. The van der Waals surface area contributed by atoms with Crippen LogP contribution in [-0.4, -0.2) is 28.5 Å². The number of hydrogen-bond acceptors (Lipinski definition) is 4. The molecule has 1 aromatic carbocycles. The molecule has 1 aliphatic rings. The Hall–Kier alpha value is -3.15. The monoisotopic (exact) mass is 335 g/mol. The third-order valence-corrected chi connectivity index (χ3v) is 4.27. The highest BCUT2D eigenvalue weighted by molar-refractivity contribution is 5.96. The quantitative estimate of drug-likeness (QED) is 0.779. The minimum absolute atomic E-state index is 0.0290. The molecular weight excluding hydrogens is 318 g/mol. The van der Waals surface area contributed by atoms with Crippen molar-refractivity contribution in [1.29, 1.82) is 0 Å². The van der Waals surface area contributed by atoms with Crippen molar-refractivity contribution in [2.75, 3.05) is 11.4 Å². The van der Waals surface area contributed by atoms with E-state index in [2.05, 4.69) is 9.97 Å². The van der Waals surface area contributed by atoms with Crippen molar-refractivity contribution >= 4 is 22.5 Å². The van der Waals surface area contributed by atoms with Crippen LogP contribution >= 0.6 is 0 Å². The lowest BCUT2D eigenvalue weighted by Crippen LogP contribution is -2.43. The Bertz CT molecular complexity index is 1010. The first-order valence-electron chi connectivity index (χ1n) is 8.15. The van der Waals surface area contributed by atoms with Crippen LogP contribution in [0, 0.1) is 0 Å². The summed E-state index contributed by atoms with van der Waals surface area (Å²) in [5, 5.41) is 0.905. The van der Waals surface area contributed by atoms with Crippen molar-refractivity contribution < 1.29 is 9.53 Å². The Morgan fingerprint density at radius 3 is 3.04 bits per heavy atom. The lowest BCUT2D eigenvalue weighted by atomic mass is 10.1. The number of ether oxygens (including phenoxy) is 1. The molecule has 25 heavy (non-hydrogen) atoms. The van der Waals surface area contributed by atoms with Crippen LogP contribution in [0.25, 0.3) is 10.9 Å². The number of aromatic amines is 1. The highest BCUT2D eigenvalue weighted by atomic mass is 16.5. The number of hydrogen-bond donors (Lipinski definition) is 1. The molecule has 2 aromatic heterocycles. The van der Waals surface area contributed by atoms with E-state index < -0.39 is 0 Å². The van der Waals surface area contributed by atoms with Crippen LogP contribution in [0.2, 0.25) is 0 Å². The summed E-state index contributed by atoms with van der Waals surface area (Å²) in [6.07, 6.45) is 1.51. The van der Waals surface area contributed by atoms with Gasteiger partial charge in [-0.3, -0.25) is 9.59 Å². The second kappa shape index (κ2) is 6.05. The van der Waals surface area contributed by atoms with Crippen LogP contribution in [0.1, 0.15) is 12.5 Å². The molecule has 126 valence electrons. The third kappa shape index (κ3) is 2.87. The first kappa shape index (κ1) is 15.4. The molecule has 1 N–H and O–H groups in total. The Kier molecular flexibility index (Phi) is 3.72. The summed E-state index contributed by atoms with van der Waals surface area (Å²) in [6, 6.07) is 12.9. The number of carbonyl (C=O) groups is 1. The maximum Gasteiger partial charge on any atom is 0.252 e. The zero-order chi connectivity index (χ0) is 17.4. The number of aromatic nitrogens is 2. The molecule has 1 aliphatic heterocycles. The molecule has 0 saturated heterocycles. The van der Waals surface area contributed by atoms with Gasteiger partial charge in [-0.15, -0.1) is 0 Å². The van der Waals surface area contributed by atoms with E-state index in [4.69, 9.17) is 4.74 Å². The van der Waals surface area contributed by atoms with Gasteiger partial charge in [-0.25, -0.2) is 4.98 Å². The molecule has 3 heterocycles. The van der Waals surface area contributed by atoms with Gasteiger partial charge in [0.1, 0.15) is 11.8 Å². The van der Waals surface area contributed by atoms with Crippen molar-refractivity contribution in [1.82, 2.24) is 9.97 Å². The molecule has 1 atom stereocenters. The van der Waals surface area contributed by atoms with Gasteiger partial charge in [0.2, 0.25) is 11.8 Å². The zero-order valence-corrected chi connectivity index (χ0v) is 13.7. The van der Waals surface area contributed by atoms with Gasteiger partial charge in [-0.05, 0) is 36.6 Å². The number of anilines is 1. The van der Waals surface area contributed by atoms with E-state index in [9.17, 15) is 9.59 Å². The van der Waals surface area contributed by atoms with E-state index in [-0.39, 0.29) is 24.0 Å². The van der Waals surface area contributed by atoms with Gasteiger partial charge in [0.25, 0.3) is 5.56 Å². The lowest BCUT2D eigenvalue weighted by molar-refractivity contribution is -0.118. The number of amides is 1. The van der Waals surface area contributed by atoms with Crippen LogP contribution in [0.5, 0.6) is 5.88 Å². The average Bonchev–Trinajstić information content (AvgIpc) is 2.61. The fourth-order valence-corrected chi connectivity index (χ4v) is 3.08. The molecule has 1 unspecified atom stereocenters. The molecule has 0 spiro atoms. The highest BCUT2D eigenvalue weighted by Crippen LogP contribution is 2.31. The summed E-state index contributed by atoms with van der Waals surface area (Å²) in [4.78, 5) is 33.8. The molecule has 3 aromatic rings.